The molecule has 1 aromatic heterocycles. The second-order valence-electron chi connectivity index (χ2n) is 6.20. The Labute approximate surface area is 181 Å². The van der Waals surface area contributed by atoms with Gasteiger partial charge in [-0.3, -0.25) is 0 Å². The molecule has 2 aromatic carbocycles. The molecule has 1 heterocycles. The smallest absolute Gasteiger partial charge is 0.497 e. The number of ether oxygens (including phenoxy) is 2. The van der Waals surface area contributed by atoms with Crippen molar-refractivity contribution in [2.24, 2.45) is 0 Å². The summed E-state index contributed by atoms with van der Waals surface area (Å²) in [5, 5.41) is 2.13. The van der Waals surface area contributed by atoms with Crippen LogP contribution in [-0.2, 0) is 6.18 Å². The Kier molecular flexibility index (Phi) is 6.26. The molecule has 0 saturated heterocycles. The fourth-order valence-electron chi connectivity index (χ4n) is 2.71. The summed E-state index contributed by atoms with van der Waals surface area (Å²) in [6, 6.07) is 8.96. The van der Waals surface area contributed by atoms with Crippen LogP contribution >= 0.6 is 11.6 Å². The molecule has 32 heavy (non-hydrogen) atoms. The van der Waals surface area contributed by atoms with Gasteiger partial charge >= 0.3 is 12.5 Å². The highest BCUT2D eigenvalue weighted by molar-refractivity contribution is 6.32. The number of rotatable bonds is 5. The van der Waals surface area contributed by atoms with Crippen molar-refractivity contribution in [2.45, 2.75) is 12.5 Å². The van der Waals surface area contributed by atoms with Crippen LogP contribution in [0.5, 0.6) is 11.5 Å². The van der Waals surface area contributed by atoms with Gasteiger partial charge in [0.1, 0.15) is 22.9 Å². The lowest BCUT2D eigenvalue weighted by Gasteiger charge is -2.17. The van der Waals surface area contributed by atoms with E-state index in [2.05, 4.69) is 20.0 Å². The molecule has 0 spiro atoms. The Morgan fingerprint density at radius 1 is 1.00 bits per heavy atom. The van der Waals surface area contributed by atoms with Crippen LogP contribution in [0.4, 0.5) is 43.8 Å². The zero-order valence-corrected chi connectivity index (χ0v) is 16.7. The molecule has 0 amide bonds. The Bertz CT molecular complexity index is 1140. The topological polar surface area (TPSA) is 82.3 Å². The van der Waals surface area contributed by atoms with Gasteiger partial charge in [0.15, 0.2) is 0 Å². The van der Waals surface area contributed by atoms with Crippen LogP contribution in [0.25, 0.3) is 11.3 Å². The van der Waals surface area contributed by atoms with Crippen molar-refractivity contribution in [3.63, 3.8) is 0 Å². The van der Waals surface area contributed by atoms with E-state index in [-0.39, 0.29) is 11.5 Å². The average molecular weight is 479 g/mol. The average Bonchev–Trinajstić information content (AvgIpc) is 2.67. The molecular formula is C19H13ClF6N4O2. The van der Waals surface area contributed by atoms with Gasteiger partial charge in [-0.25, -0.2) is 4.98 Å². The zero-order valence-electron chi connectivity index (χ0n) is 16.0. The molecule has 0 bridgehead atoms. The van der Waals surface area contributed by atoms with Crippen molar-refractivity contribution in [1.29, 1.82) is 0 Å². The van der Waals surface area contributed by atoms with Gasteiger partial charge in [-0.1, -0.05) is 17.7 Å². The van der Waals surface area contributed by atoms with Crippen LogP contribution in [-0.4, -0.2) is 23.4 Å². The van der Waals surface area contributed by atoms with Crippen molar-refractivity contribution in [3.05, 3.63) is 53.1 Å². The van der Waals surface area contributed by atoms with Gasteiger partial charge in [-0.05, 0) is 30.3 Å². The number of nitrogens with zero attached hydrogens (tertiary/aromatic N) is 2. The lowest BCUT2D eigenvalue weighted by molar-refractivity contribution is -0.274. The molecule has 3 rings (SSSR count). The molecule has 0 fully saturated rings. The first-order chi connectivity index (χ1) is 14.9. The monoisotopic (exact) mass is 478 g/mol. The first-order valence-electron chi connectivity index (χ1n) is 8.59. The molecule has 0 saturated carbocycles. The highest BCUT2D eigenvalue weighted by Gasteiger charge is 2.39. The first kappa shape index (κ1) is 23.3. The number of alkyl halides is 6. The molecule has 6 nitrogen and oxygen atoms in total. The summed E-state index contributed by atoms with van der Waals surface area (Å²) in [7, 11) is 1.43. The van der Waals surface area contributed by atoms with Gasteiger partial charge in [-0.2, -0.15) is 18.2 Å². The number of nitrogens with two attached hydrogens (primary N) is 1. The van der Waals surface area contributed by atoms with E-state index >= 15 is 0 Å². The molecule has 0 aliphatic carbocycles. The molecule has 0 radical (unpaired) electrons. The number of nitrogen functional groups attached to an aromatic ring is 1. The fourth-order valence-corrected chi connectivity index (χ4v) is 2.93. The van der Waals surface area contributed by atoms with Crippen molar-refractivity contribution in [1.82, 2.24) is 9.97 Å². The summed E-state index contributed by atoms with van der Waals surface area (Å²) in [5.74, 6) is -1.50. The highest BCUT2D eigenvalue weighted by Crippen LogP contribution is 2.42. The van der Waals surface area contributed by atoms with Crippen LogP contribution in [0.3, 0.4) is 0 Å². The SMILES string of the molecule is COc1cccc(Nc2nc(N)c(C(F)(F)F)c(-c3ccc(OC(F)(F)F)c(Cl)c3)n2)c1. The molecule has 0 unspecified atom stereocenters. The number of benzene rings is 2. The minimum absolute atomic E-state index is 0.250. The number of aromatic nitrogens is 2. The number of hydrogen-bond acceptors (Lipinski definition) is 6. The quantitative estimate of drug-likeness (QED) is 0.434. The summed E-state index contributed by atoms with van der Waals surface area (Å²) in [4.78, 5) is 7.53. The highest BCUT2D eigenvalue weighted by atomic mass is 35.5. The minimum atomic E-state index is -5.03. The van der Waals surface area contributed by atoms with Crippen LogP contribution in [0.2, 0.25) is 5.02 Å². The van der Waals surface area contributed by atoms with Crippen molar-refractivity contribution >= 4 is 29.1 Å². The third-order valence-corrected chi connectivity index (χ3v) is 4.27. The van der Waals surface area contributed by atoms with E-state index in [1.54, 1.807) is 18.2 Å². The van der Waals surface area contributed by atoms with Crippen molar-refractivity contribution in [3.8, 4) is 22.8 Å². The van der Waals surface area contributed by atoms with Gasteiger partial charge in [-0.15, -0.1) is 13.2 Å². The summed E-state index contributed by atoms with van der Waals surface area (Å²) < 4.78 is 87.1. The zero-order chi connectivity index (χ0) is 23.7. The van der Waals surface area contributed by atoms with Gasteiger partial charge in [0.05, 0.1) is 17.8 Å². The van der Waals surface area contributed by atoms with Crippen LogP contribution in [0.15, 0.2) is 42.5 Å². The molecule has 0 aliphatic heterocycles. The van der Waals surface area contributed by atoms with Gasteiger partial charge in [0.2, 0.25) is 5.95 Å². The Morgan fingerprint density at radius 3 is 2.31 bits per heavy atom. The molecule has 0 atom stereocenters. The standard InChI is InChI=1S/C19H13ClF6N4O2/c1-31-11-4-2-3-10(8-11)28-17-29-15(14(16(27)30-17)18(21,22)23)9-5-6-13(12(20)7-9)32-19(24,25)26/h2-8H,1H3,(H3,27,28,29,30). The second kappa shape index (κ2) is 8.61. The van der Waals surface area contributed by atoms with E-state index in [1.165, 1.54) is 13.2 Å². The summed E-state index contributed by atoms with van der Waals surface area (Å²) in [5.41, 5.74) is 3.65. The van der Waals surface area contributed by atoms with Gasteiger partial charge in [0.25, 0.3) is 0 Å². The Balaban J connectivity index is 2.09. The Hall–Kier alpha value is -3.41. The minimum Gasteiger partial charge on any atom is -0.497 e. The molecule has 0 aliphatic rings. The largest absolute Gasteiger partial charge is 0.573 e. The number of anilines is 3. The van der Waals surface area contributed by atoms with Gasteiger partial charge in [0, 0.05) is 17.3 Å². The summed E-state index contributed by atoms with van der Waals surface area (Å²) in [6.07, 6.45) is -9.99. The predicted octanol–water partition coefficient (Wildman–Crippen LogP) is 6.05. The van der Waals surface area contributed by atoms with E-state index in [0.29, 0.717) is 11.4 Å². The fraction of sp³-hybridized carbons (Fsp3) is 0.158. The third kappa shape index (κ3) is 5.44. The molecule has 3 aromatic rings. The lowest BCUT2D eigenvalue weighted by atomic mass is 10.1. The normalized spacial score (nSPS) is 11.9. The van der Waals surface area contributed by atoms with E-state index in [9.17, 15) is 26.3 Å². The third-order valence-electron chi connectivity index (χ3n) is 3.98. The molecular weight excluding hydrogens is 466 g/mol. The maximum atomic E-state index is 13.7. The summed E-state index contributed by atoms with van der Waals surface area (Å²) in [6.45, 7) is 0. The second-order valence-corrected chi connectivity index (χ2v) is 6.61. The number of nitrogens with one attached hydrogen (secondary N) is 1. The predicted molar refractivity (Wildman–Crippen MR) is 105 cm³/mol. The van der Waals surface area contributed by atoms with Crippen molar-refractivity contribution in [2.75, 3.05) is 18.2 Å². The lowest BCUT2D eigenvalue weighted by Crippen LogP contribution is -2.17. The van der Waals surface area contributed by atoms with Crippen LogP contribution < -0.4 is 20.5 Å². The molecule has 13 heteroatoms. The van der Waals surface area contributed by atoms with E-state index in [1.807, 2.05) is 0 Å². The van der Waals surface area contributed by atoms with Crippen molar-refractivity contribution < 1.29 is 35.8 Å². The molecule has 170 valence electrons. The summed E-state index contributed by atoms with van der Waals surface area (Å²) >= 11 is 5.78. The maximum absolute atomic E-state index is 13.7. The number of methoxy groups -OCH3 is 1. The van der Waals surface area contributed by atoms with Crippen LogP contribution in [0, 0.1) is 0 Å². The first-order valence-corrected chi connectivity index (χ1v) is 8.96. The van der Waals surface area contributed by atoms with Gasteiger partial charge < -0.3 is 20.5 Å². The molecule has 3 N–H and O–H groups in total. The van der Waals surface area contributed by atoms with E-state index in [0.717, 1.165) is 18.2 Å². The number of halogens is 7. The van der Waals surface area contributed by atoms with E-state index in [4.69, 9.17) is 22.1 Å². The maximum Gasteiger partial charge on any atom is 0.573 e. The van der Waals surface area contributed by atoms with E-state index < -0.39 is 40.4 Å². The number of hydrogen-bond donors (Lipinski definition) is 2. The Morgan fingerprint density at radius 2 is 1.72 bits per heavy atom. The van der Waals surface area contributed by atoms with Crippen LogP contribution in [0.1, 0.15) is 5.56 Å².